The van der Waals surface area contributed by atoms with Crippen molar-refractivity contribution < 1.29 is 37.3 Å². The summed E-state index contributed by atoms with van der Waals surface area (Å²) in [5, 5.41) is 13.0. The Morgan fingerprint density at radius 3 is 2.51 bits per heavy atom. The van der Waals surface area contributed by atoms with Gasteiger partial charge in [-0.05, 0) is 42.7 Å². The third-order valence-electron chi connectivity index (χ3n) is 6.57. The smallest absolute Gasteiger partial charge is 0.390 e. The number of fused-ring (bicyclic) bond motifs is 1. The normalized spacial score (nSPS) is 25.0. The van der Waals surface area contributed by atoms with Crippen molar-refractivity contribution in [3.05, 3.63) is 60.2 Å². The van der Waals surface area contributed by atoms with E-state index >= 15 is 0 Å². The second-order valence-corrected chi connectivity index (χ2v) is 9.53. The molecule has 4 rings (SSSR count). The standard InChI is InChI=1S/C27H33F3N2O5/c28-27(29,30)12-13-32-16-20(33)17-35-18-25-24(32)11-10-23(37-25)14-26(34)31-15-19-6-8-22(9-7-19)36-21-4-2-1-3-5-21/h1-9,20,23-25,33H,10-18H2,(H,31,34)/t20-,23-,24-,25+/m0/s1. The molecule has 2 N–H and O–H groups in total. The fourth-order valence-electron chi connectivity index (χ4n) is 4.75. The molecule has 202 valence electrons. The molecule has 4 atom stereocenters. The molecule has 2 aliphatic heterocycles. The number of nitrogens with zero attached hydrogens (tertiary/aromatic N) is 1. The molecule has 1 amide bonds. The molecule has 0 unspecified atom stereocenters. The van der Waals surface area contributed by atoms with E-state index in [9.17, 15) is 23.1 Å². The number of nitrogens with one attached hydrogen (secondary N) is 1. The van der Waals surface area contributed by atoms with Gasteiger partial charge in [0.05, 0.1) is 44.4 Å². The van der Waals surface area contributed by atoms with Gasteiger partial charge < -0.3 is 24.6 Å². The van der Waals surface area contributed by atoms with E-state index < -0.39 is 24.8 Å². The van der Waals surface area contributed by atoms with Gasteiger partial charge in [-0.2, -0.15) is 13.2 Å². The minimum Gasteiger partial charge on any atom is -0.457 e. The van der Waals surface area contributed by atoms with Crippen LogP contribution in [0.15, 0.2) is 54.6 Å². The van der Waals surface area contributed by atoms with Crippen LogP contribution in [0.3, 0.4) is 0 Å². The summed E-state index contributed by atoms with van der Waals surface area (Å²) in [6.07, 6.45) is -5.61. The van der Waals surface area contributed by atoms with Crippen LogP contribution in [-0.2, 0) is 20.8 Å². The number of amides is 1. The van der Waals surface area contributed by atoms with Crippen molar-refractivity contribution in [2.75, 3.05) is 26.3 Å². The monoisotopic (exact) mass is 522 g/mol. The maximum Gasteiger partial charge on any atom is 0.390 e. The predicted molar refractivity (Wildman–Crippen MR) is 130 cm³/mol. The molecule has 2 aromatic carbocycles. The van der Waals surface area contributed by atoms with E-state index in [-0.39, 0.29) is 50.8 Å². The largest absolute Gasteiger partial charge is 0.457 e. The van der Waals surface area contributed by atoms with Crippen LogP contribution in [0.1, 0.15) is 31.2 Å². The highest BCUT2D eigenvalue weighted by Crippen LogP contribution is 2.29. The van der Waals surface area contributed by atoms with Crippen molar-refractivity contribution in [2.45, 2.75) is 62.8 Å². The highest BCUT2D eigenvalue weighted by Gasteiger charge is 2.39. The highest BCUT2D eigenvalue weighted by atomic mass is 19.4. The van der Waals surface area contributed by atoms with Gasteiger partial charge in [0.15, 0.2) is 0 Å². The third-order valence-corrected chi connectivity index (χ3v) is 6.57. The van der Waals surface area contributed by atoms with Crippen molar-refractivity contribution in [1.29, 1.82) is 0 Å². The molecule has 0 bridgehead atoms. The van der Waals surface area contributed by atoms with E-state index in [0.29, 0.717) is 25.1 Å². The van der Waals surface area contributed by atoms with E-state index in [2.05, 4.69) is 5.32 Å². The highest BCUT2D eigenvalue weighted by molar-refractivity contribution is 5.76. The second kappa shape index (κ2) is 12.7. The number of β-amino-alcohol motifs (C(OH)–C–C–N with tert-alkyl or cyclic N) is 1. The van der Waals surface area contributed by atoms with Crippen LogP contribution in [0, 0.1) is 0 Å². The van der Waals surface area contributed by atoms with Crippen LogP contribution in [-0.4, -0.2) is 72.7 Å². The molecule has 37 heavy (non-hydrogen) atoms. The number of carbonyl (C=O) groups excluding carboxylic acids is 1. The first kappa shape index (κ1) is 27.4. The fraction of sp³-hybridized carbons (Fsp3) is 0.519. The number of halogens is 3. The number of rotatable bonds is 8. The number of aliphatic hydroxyl groups is 1. The summed E-state index contributed by atoms with van der Waals surface area (Å²) in [5.74, 6) is 1.28. The molecule has 0 aromatic heterocycles. The van der Waals surface area contributed by atoms with Gasteiger partial charge in [-0.3, -0.25) is 9.69 Å². The summed E-state index contributed by atoms with van der Waals surface area (Å²) >= 11 is 0. The lowest BCUT2D eigenvalue weighted by Crippen LogP contribution is -2.56. The van der Waals surface area contributed by atoms with Crippen LogP contribution in [0.4, 0.5) is 13.2 Å². The molecular weight excluding hydrogens is 489 g/mol. The molecule has 2 saturated heterocycles. The van der Waals surface area contributed by atoms with E-state index in [4.69, 9.17) is 14.2 Å². The summed E-state index contributed by atoms with van der Waals surface area (Å²) in [5.41, 5.74) is 0.922. The van der Waals surface area contributed by atoms with E-state index in [1.54, 1.807) is 4.90 Å². The van der Waals surface area contributed by atoms with Crippen molar-refractivity contribution in [2.24, 2.45) is 0 Å². The SMILES string of the molecule is O=C(C[C@@H]1CC[C@H]2[C@@H](COC[C@@H](O)CN2CCC(F)(F)F)O1)NCc1ccc(Oc2ccccc2)cc1. The average molecular weight is 523 g/mol. The summed E-state index contributed by atoms with van der Waals surface area (Å²) in [6.45, 7) is 0.455. The minimum atomic E-state index is -4.27. The number of hydrogen-bond acceptors (Lipinski definition) is 6. The molecule has 0 aliphatic carbocycles. The first-order valence-corrected chi connectivity index (χ1v) is 12.6. The summed E-state index contributed by atoms with van der Waals surface area (Å²) in [6, 6.07) is 16.6. The number of hydrogen-bond donors (Lipinski definition) is 2. The number of aliphatic hydroxyl groups excluding tert-OH is 1. The number of carbonyl (C=O) groups is 1. The Morgan fingerprint density at radius 1 is 1.05 bits per heavy atom. The van der Waals surface area contributed by atoms with Crippen molar-refractivity contribution in [3.8, 4) is 11.5 Å². The zero-order valence-corrected chi connectivity index (χ0v) is 20.5. The van der Waals surface area contributed by atoms with Gasteiger partial charge in [0.2, 0.25) is 5.91 Å². The topological polar surface area (TPSA) is 80.3 Å². The molecule has 0 radical (unpaired) electrons. The molecule has 10 heteroatoms. The molecule has 2 aromatic rings. The summed E-state index contributed by atoms with van der Waals surface area (Å²) in [4.78, 5) is 14.2. The Labute approximate surface area is 214 Å². The number of benzene rings is 2. The van der Waals surface area contributed by atoms with Crippen molar-refractivity contribution in [3.63, 3.8) is 0 Å². The van der Waals surface area contributed by atoms with Crippen LogP contribution in [0.5, 0.6) is 11.5 Å². The van der Waals surface area contributed by atoms with Crippen molar-refractivity contribution in [1.82, 2.24) is 10.2 Å². The summed E-state index contributed by atoms with van der Waals surface area (Å²) in [7, 11) is 0. The molecule has 2 fully saturated rings. The van der Waals surface area contributed by atoms with Crippen LogP contribution >= 0.6 is 0 Å². The lowest BCUT2D eigenvalue weighted by molar-refractivity contribution is -0.169. The van der Waals surface area contributed by atoms with E-state index in [0.717, 1.165) is 11.3 Å². The lowest BCUT2D eigenvalue weighted by atomic mass is 9.94. The number of para-hydroxylation sites is 1. The Balaban J connectivity index is 1.25. The minimum absolute atomic E-state index is 0.0371. The van der Waals surface area contributed by atoms with Crippen LogP contribution in [0.25, 0.3) is 0 Å². The summed E-state index contributed by atoms with van der Waals surface area (Å²) < 4.78 is 55.9. The zero-order valence-electron chi connectivity index (χ0n) is 20.5. The predicted octanol–water partition coefficient (Wildman–Crippen LogP) is 4.05. The Kier molecular flexibility index (Phi) is 9.42. The van der Waals surface area contributed by atoms with E-state index in [1.165, 1.54) is 0 Å². The van der Waals surface area contributed by atoms with Gasteiger partial charge in [0, 0.05) is 25.7 Å². The van der Waals surface area contributed by atoms with Crippen LogP contribution < -0.4 is 10.1 Å². The molecule has 0 saturated carbocycles. The second-order valence-electron chi connectivity index (χ2n) is 9.53. The average Bonchev–Trinajstić information content (AvgIpc) is 2.85. The molecular formula is C27H33F3N2O5. The third kappa shape index (κ3) is 8.70. The molecule has 0 spiro atoms. The van der Waals surface area contributed by atoms with Gasteiger partial charge in [0.25, 0.3) is 0 Å². The number of alkyl halides is 3. The first-order valence-electron chi connectivity index (χ1n) is 12.6. The van der Waals surface area contributed by atoms with Gasteiger partial charge >= 0.3 is 6.18 Å². The van der Waals surface area contributed by atoms with Gasteiger partial charge in [-0.25, -0.2) is 0 Å². The quantitative estimate of drug-likeness (QED) is 0.545. The van der Waals surface area contributed by atoms with Gasteiger partial charge in [-0.15, -0.1) is 0 Å². The zero-order chi connectivity index (χ0) is 26.3. The maximum absolute atomic E-state index is 12.8. The van der Waals surface area contributed by atoms with Crippen molar-refractivity contribution >= 4 is 5.91 Å². The van der Waals surface area contributed by atoms with Gasteiger partial charge in [-0.1, -0.05) is 30.3 Å². The van der Waals surface area contributed by atoms with E-state index in [1.807, 2.05) is 54.6 Å². The number of ether oxygens (including phenoxy) is 3. The lowest BCUT2D eigenvalue weighted by Gasteiger charge is -2.44. The fourth-order valence-corrected chi connectivity index (χ4v) is 4.75. The first-order chi connectivity index (χ1) is 17.7. The molecule has 7 nitrogen and oxygen atoms in total. The van der Waals surface area contributed by atoms with Gasteiger partial charge in [0.1, 0.15) is 11.5 Å². The Hall–Kier alpha value is -2.66. The Bertz CT molecular complexity index is 990. The Morgan fingerprint density at radius 2 is 1.78 bits per heavy atom. The van der Waals surface area contributed by atoms with Crippen LogP contribution in [0.2, 0.25) is 0 Å². The molecule has 2 heterocycles. The maximum atomic E-state index is 12.8. The molecule has 2 aliphatic rings.